The number of para-hydroxylation sites is 1. The van der Waals surface area contributed by atoms with Crippen LogP contribution >= 0.6 is 24.2 Å². The third-order valence-electron chi connectivity index (χ3n) is 4.86. The topological polar surface area (TPSA) is 61.4 Å². The number of rotatable bonds is 3. The van der Waals surface area contributed by atoms with Gasteiger partial charge in [0.25, 0.3) is 0 Å². The lowest BCUT2D eigenvalue weighted by atomic mass is 10.0. The Kier molecular flexibility index (Phi) is 6.59. The fourth-order valence-corrected chi connectivity index (χ4v) is 4.62. The van der Waals surface area contributed by atoms with Gasteiger partial charge in [0, 0.05) is 31.0 Å². The van der Waals surface area contributed by atoms with Crippen LogP contribution in [0.4, 0.5) is 10.1 Å². The molecule has 2 N–H and O–H groups in total. The highest BCUT2D eigenvalue weighted by atomic mass is 35.5. The van der Waals surface area contributed by atoms with E-state index < -0.39 is 5.25 Å². The number of carbonyl (C=O) groups is 2. The van der Waals surface area contributed by atoms with E-state index in [1.165, 1.54) is 23.9 Å². The quantitative estimate of drug-likeness (QED) is 0.798. The number of anilines is 1. The monoisotopic (exact) mass is 421 g/mol. The molecule has 2 aliphatic heterocycles. The molecule has 2 amide bonds. The molecule has 2 aromatic rings. The number of fused-ring (bicyclic) bond motifs is 1. The number of piperazine rings is 1. The summed E-state index contributed by atoms with van der Waals surface area (Å²) < 4.78 is 13.6. The van der Waals surface area contributed by atoms with E-state index in [9.17, 15) is 14.0 Å². The number of hydrogen-bond acceptors (Lipinski definition) is 4. The molecule has 4 rings (SSSR count). The summed E-state index contributed by atoms with van der Waals surface area (Å²) in [5.41, 5.74) is 1.55. The normalized spacial score (nSPS) is 21.3. The zero-order valence-corrected chi connectivity index (χ0v) is 16.7. The van der Waals surface area contributed by atoms with Crippen LogP contribution in [-0.2, 0) is 9.59 Å². The van der Waals surface area contributed by atoms with Crippen LogP contribution in [0, 0.1) is 5.82 Å². The van der Waals surface area contributed by atoms with Crippen LogP contribution < -0.4 is 10.6 Å². The fraction of sp³-hybridized carbons (Fsp3) is 0.300. The number of nitrogens with one attached hydrogen (secondary N) is 2. The van der Waals surface area contributed by atoms with Crippen molar-refractivity contribution in [2.45, 2.75) is 22.6 Å². The van der Waals surface area contributed by atoms with Crippen LogP contribution in [0.5, 0.6) is 0 Å². The Balaban J connectivity index is 0.00000225. The Hall–Kier alpha value is -2.09. The molecule has 2 aromatic carbocycles. The molecular weight excluding hydrogens is 401 g/mol. The van der Waals surface area contributed by atoms with Gasteiger partial charge in [-0.05, 0) is 29.8 Å². The van der Waals surface area contributed by atoms with E-state index in [1.807, 2.05) is 30.3 Å². The highest BCUT2D eigenvalue weighted by Crippen LogP contribution is 2.37. The van der Waals surface area contributed by atoms with Gasteiger partial charge >= 0.3 is 0 Å². The van der Waals surface area contributed by atoms with E-state index in [0.717, 1.165) is 16.1 Å². The maximum atomic E-state index is 13.6. The highest BCUT2D eigenvalue weighted by Gasteiger charge is 2.34. The summed E-state index contributed by atoms with van der Waals surface area (Å²) in [5, 5.41) is 5.68. The number of carbonyl (C=O) groups excluding carboxylic acids is 2. The molecule has 1 saturated heterocycles. The second-order valence-corrected chi connectivity index (χ2v) is 7.90. The van der Waals surface area contributed by atoms with Gasteiger partial charge in [0.15, 0.2) is 0 Å². The number of thioether (sulfide) groups is 1. The summed E-state index contributed by atoms with van der Waals surface area (Å²) in [4.78, 5) is 28.1. The molecule has 0 saturated carbocycles. The van der Waals surface area contributed by atoms with Gasteiger partial charge < -0.3 is 15.5 Å². The minimum Gasteiger partial charge on any atom is -0.333 e. The average Bonchev–Trinajstić information content (AvgIpc) is 2.68. The molecule has 0 bridgehead atoms. The van der Waals surface area contributed by atoms with E-state index >= 15 is 0 Å². The standard InChI is InChI=1S/C20H20FN3O2S.ClH/c21-14-5-3-4-13(10-14)16-12-22-8-9-24(16)19(25)11-18-20(26)23-15-6-1-2-7-17(15)27-18;/h1-7,10,16,18,22H,8-9,11-12H2,(H,23,26);1H. The highest BCUT2D eigenvalue weighted by molar-refractivity contribution is 8.01. The second-order valence-electron chi connectivity index (χ2n) is 6.66. The van der Waals surface area contributed by atoms with E-state index in [4.69, 9.17) is 0 Å². The molecule has 2 heterocycles. The summed E-state index contributed by atoms with van der Waals surface area (Å²) in [6.07, 6.45) is 0.122. The summed E-state index contributed by atoms with van der Waals surface area (Å²) >= 11 is 1.42. The first-order valence-corrected chi connectivity index (χ1v) is 9.82. The predicted octanol–water partition coefficient (Wildman–Crippen LogP) is 3.22. The SMILES string of the molecule is Cl.O=C1Nc2ccccc2SC1CC(=O)N1CCNCC1c1cccc(F)c1. The summed E-state index contributed by atoms with van der Waals surface area (Å²) in [5.74, 6) is -0.549. The van der Waals surface area contributed by atoms with Crippen LogP contribution in [0.2, 0.25) is 0 Å². The summed E-state index contributed by atoms with van der Waals surface area (Å²) in [6.45, 7) is 1.79. The fourth-order valence-electron chi connectivity index (χ4n) is 3.52. The number of hydrogen-bond donors (Lipinski definition) is 2. The van der Waals surface area contributed by atoms with E-state index in [0.29, 0.717) is 19.6 Å². The van der Waals surface area contributed by atoms with Crippen molar-refractivity contribution in [2.24, 2.45) is 0 Å². The first-order valence-electron chi connectivity index (χ1n) is 8.94. The van der Waals surface area contributed by atoms with Crippen molar-refractivity contribution in [3.05, 3.63) is 59.9 Å². The van der Waals surface area contributed by atoms with Crippen LogP contribution in [-0.4, -0.2) is 41.6 Å². The molecular formula is C20H21ClFN3O2S. The van der Waals surface area contributed by atoms with E-state index in [2.05, 4.69) is 10.6 Å². The van der Waals surface area contributed by atoms with Gasteiger partial charge in [0.2, 0.25) is 11.8 Å². The average molecular weight is 422 g/mol. The van der Waals surface area contributed by atoms with E-state index in [-0.39, 0.29) is 42.5 Å². The van der Waals surface area contributed by atoms with Crippen LogP contribution in [0.3, 0.4) is 0 Å². The van der Waals surface area contributed by atoms with Crippen molar-refractivity contribution < 1.29 is 14.0 Å². The van der Waals surface area contributed by atoms with Crippen molar-refractivity contribution in [1.29, 1.82) is 0 Å². The molecule has 8 heteroatoms. The third-order valence-corrected chi connectivity index (χ3v) is 6.14. The largest absolute Gasteiger partial charge is 0.333 e. The van der Waals surface area contributed by atoms with Crippen molar-refractivity contribution in [1.82, 2.24) is 10.2 Å². The van der Waals surface area contributed by atoms with Gasteiger partial charge in [-0.2, -0.15) is 0 Å². The number of halogens is 2. The molecule has 2 unspecified atom stereocenters. The Labute approximate surface area is 173 Å². The lowest BCUT2D eigenvalue weighted by Crippen LogP contribution is -2.49. The molecule has 148 valence electrons. The first-order chi connectivity index (χ1) is 13.1. The molecule has 0 aliphatic carbocycles. The van der Waals surface area contributed by atoms with Crippen molar-refractivity contribution >= 4 is 41.7 Å². The Morgan fingerprint density at radius 2 is 2.04 bits per heavy atom. The Morgan fingerprint density at radius 1 is 1.21 bits per heavy atom. The summed E-state index contributed by atoms with van der Waals surface area (Å²) in [7, 11) is 0. The third kappa shape index (κ3) is 4.32. The lowest BCUT2D eigenvalue weighted by molar-refractivity contribution is -0.135. The molecule has 2 aliphatic rings. The van der Waals surface area contributed by atoms with Crippen LogP contribution in [0.15, 0.2) is 53.4 Å². The van der Waals surface area contributed by atoms with Gasteiger partial charge in [-0.15, -0.1) is 24.2 Å². The molecule has 5 nitrogen and oxygen atoms in total. The summed E-state index contributed by atoms with van der Waals surface area (Å²) in [6, 6.07) is 13.7. The zero-order chi connectivity index (χ0) is 18.8. The molecule has 0 radical (unpaired) electrons. The van der Waals surface area contributed by atoms with Gasteiger partial charge in [0.1, 0.15) is 5.82 Å². The molecule has 2 atom stereocenters. The van der Waals surface area contributed by atoms with E-state index in [1.54, 1.807) is 11.0 Å². The lowest BCUT2D eigenvalue weighted by Gasteiger charge is -2.37. The van der Waals surface area contributed by atoms with Crippen molar-refractivity contribution in [2.75, 3.05) is 25.0 Å². The van der Waals surface area contributed by atoms with Gasteiger partial charge in [-0.25, -0.2) is 4.39 Å². The maximum absolute atomic E-state index is 13.6. The number of amides is 2. The van der Waals surface area contributed by atoms with Crippen LogP contribution in [0.1, 0.15) is 18.0 Å². The van der Waals surface area contributed by atoms with Crippen molar-refractivity contribution in [3.8, 4) is 0 Å². The molecule has 28 heavy (non-hydrogen) atoms. The zero-order valence-electron chi connectivity index (χ0n) is 15.1. The van der Waals surface area contributed by atoms with Crippen LogP contribution in [0.25, 0.3) is 0 Å². The van der Waals surface area contributed by atoms with Gasteiger partial charge in [-0.1, -0.05) is 24.3 Å². The first kappa shape index (κ1) is 20.6. The predicted molar refractivity (Wildman–Crippen MR) is 110 cm³/mol. The molecule has 0 aromatic heterocycles. The smallest absolute Gasteiger partial charge is 0.238 e. The molecule has 1 fully saturated rings. The minimum absolute atomic E-state index is 0. The molecule has 0 spiro atoms. The minimum atomic E-state index is -0.463. The maximum Gasteiger partial charge on any atom is 0.238 e. The Bertz CT molecular complexity index is 882. The van der Waals surface area contributed by atoms with Gasteiger partial charge in [-0.3, -0.25) is 9.59 Å². The number of nitrogens with zero attached hydrogens (tertiary/aromatic N) is 1. The second kappa shape index (κ2) is 8.94. The Morgan fingerprint density at radius 3 is 2.86 bits per heavy atom. The van der Waals surface area contributed by atoms with Gasteiger partial charge in [0.05, 0.1) is 17.0 Å². The number of benzene rings is 2. The van der Waals surface area contributed by atoms with Crippen molar-refractivity contribution in [3.63, 3.8) is 0 Å².